The second-order valence-electron chi connectivity index (χ2n) is 3.93. The highest BCUT2D eigenvalue weighted by Crippen LogP contribution is 2.15. The van der Waals surface area contributed by atoms with Gasteiger partial charge in [-0.25, -0.2) is 4.98 Å². The first-order chi connectivity index (χ1) is 9.11. The van der Waals surface area contributed by atoms with E-state index in [1.807, 2.05) is 30.3 Å². The van der Waals surface area contributed by atoms with Crippen LogP contribution in [-0.4, -0.2) is 27.2 Å². The van der Waals surface area contributed by atoms with Crippen molar-refractivity contribution in [3.8, 4) is 11.4 Å². The number of anilines is 1. The van der Waals surface area contributed by atoms with E-state index >= 15 is 0 Å². The molecular weight excluding hydrogens is 246 g/mol. The lowest BCUT2D eigenvalue weighted by molar-refractivity contribution is -0.118. The second kappa shape index (κ2) is 5.45. The van der Waals surface area contributed by atoms with Crippen LogP contribution in [0.2, 0.25) is 0 Å². The quantitative estimate of drug-likeness (QED) is 0.834. The summed E-state index contributed by atoms with van der Waals surface area (Å²) in [5, 5.41) is 11.0. The van der Waals surface area contributed by atoms with Gasteiger partial charge in [-0.1, -0.05) is 30.3 Å². The third-order valence-corrected chi connectivity index (χ3v) is 2.58. The van der Waals surface area contributed by atoms with Crippen molar-refractivity contribution in [3.05, 3.63) is 46.8 Å². The van der Waals surface area contributed by atoms with E-state index in [0.717, 1.165) is 5.56 Å². The lowest BCUT2D eigenvalue weighted by Gasteiger charge is -2.09. The van der Waals surface area contributed by atoms with E-state index in [2.05, 4.69) is 10.3 Å². The Balaban J connectivity index is 2.49. The molecule has 1 heterocycles. The molecule has 0 atom stereocenters. The highest BCUT2D eigenvalue weighted by Gasteiger charge is 2.09. The summed E-state index contributed by atoms with van der Waals surface area (Å²) in [5.41, 5.74) is 0.476. The number of rotatable bonds is 3. The highest BCUT2D eigenvalue weighted by molar-refractivity contribution is 5.90. The van der Waals surface area contributed by atoms with Crippen molar-refractivity contribution >= 4 is 11.7 Å². The van der Waals surface area contributed by atoms with E-state index in [9.17, 15) is 9.59 Å². The van der Waals surface area contributed by atoms with Gasteiger partial charge in [0.1, 0.15) is 18.2 Å². The van der Waals surface area contributed by atoms with Crippen molar-refractivity contribution in [1.29, 1.82) is 0 Å². The zero-order valence-corrected chi connectivity index (χ0v) is 10.3. The number of nitrogens with one attached hydrogen (secondary N) is 1. The summed E-state index contributed by atoms with van der Waals surface area (Å²) in [6.07, 6.45) is 0. The first-order valence-corrected chi connectivity index (χ1v) is 5.66. The van der Waals surface area contributed by atoms with Crippen LogP contribution in [0.4, 0.5) is 5.82 Å². The summed E-state index contributed by atoms with van der Waals surface area (Å²) in [5.74, 6) is -0.0397. The zero-order chi connectivity index (χ0) is 13.8. The molecule has 2 aromatic rings. The minimum absolute atomic E-state index is 0.126. The summed E-state index contributed by atoms with van der Waals surface area (Å²) in [7, 11) is 1.61. The Kier molecular flexibility index (Phi) is 3.72. The molecule has 0 bridgehead atoms. The van der Waals surface area contributed by atoms with Crippen LogP contribution in [0.1, 0.15) is 0 Å². The molecule has 0 spiro atoms. The fourth-order valence-electron chi connectivity index (χ4n) is 1.63. The molecule has 98 valence electrons. The second-order valence-corrected chi connectivity index (χ2v) is 3.93. The van der Waals surface area contributed by atoms with Gasteiger partial charge in [0, 0.05) is 18.7 Å². The summed E-state index contributed by atoms with van der Waals surface area (Å²) in [4.78, 5) is 27.1. The van der Waals surface area contributed by atoms with Crippen LogP contribution >= 0.6 is 0 Å². The maximum atomic E-state index is 11.8. The SMILES string of the molecule is Cn1c(-c2ccccc2)nc(NC(=O)CO)cc1=O. The first kappa shape index (κ1) is 13.0. The van der Waals surface area contributed by atoms with Crippen molar-refractivity contribution in [2.24, 2.45) is 7.05 Å². The van der Waals surface area contributed by atoms with E-state index in [1.165, 1.54) is 10.6 Å². The van der Waals surface area contributed by atoms with Gasteiger partial charge in [-0.2, -0.15) is 0 Å². The van der Waals surface area contributed by atoms with Crippen LogP contribution in [0.15, 0.2) is 41.2 Å². The van der Waals surface area contributed by atoms with Gasteiger partial charge in [-0.15, -0.1) is 0 Å². The van der Waals surface area contributed by atoms with Crippen molar-refractivity contribution in [2.75, 3.05) is 11.9 Å². The Morgan fingerprint density at radius 1 is 1.37 bits per heavy atom. The molecule has 1 amide bonds. The topological polar surface area (TPSA) is 84.2 Å². The Bertz CT molecular complexity index is 650. The number of aliphatic hydroxyl groups excluding tert-OH is 1. The van der Waals surface area contributed by atoms with Gasteiger partial charge in [-0.05, 0) is 0 Å². The van der Waals surface area contributed by atoms with E-state index < -0.39 is 12.5 Å². The van der Waals surface area contributed by atoms with Gasteiger partial charge in [0.2, 0.25) is 0 Å². The molecule has 2 N–H and O–H groups in total. The average Bonchev–Trinajstić information content (AvgIpc) is 2.43. The van der Waals surface area contributed by atoms with Crippen LogP contribution < -0.4 is 10.9 Å². The average molecular weight is 259 g/mol. The molecule has 0 fully saturated rings. The van der Waals surface area contributed by atoms with E-state index in [-0.39, 0.29) is 11.4 Å². The molecule has 0 saturated heterocycles. The molecule has 6 heteroatoms. The summed E-state index contributed by atoms with van der Waals surface area (Å²) >= 11 is 0. The minimum Gasteiger partial charge on any atom is -0.387 e. The smallest absolute Gasteiger partial charge is 0.255 e. The molecule has 0 saturated carbocycles. The minimum atomic E-state index is -0.655. The summed E-state index contributed by atoms with van der Waals surface area (Å²) in [6.45, 7) is -0.655. The third-order valence-electron chi connectivity index (χ3n) is 2.58. The predicted octanol–water partition coefficient (Wildman–Crippen LogP) is 0.378. The lowest BCUT2D eigenvalue weighted by atomic mass is 10.2. The van der Waals surface area contributed by atoms with Crippen molar-refractivity contribution in [2.45, 2.75) is 0 Å². The Labute approximate surface area is 109 Å². The number of carbonyl (C=O) groups excluding carboxylic acids is 1. The monoisotopic (exact) mass is 259 g/mol. The van der Waals surface area contributed by atoms with Crippen LogP contribution in [-0.2, 0) is 11.8 Å². The van der Waals surface area contributed by atoms with E-state index in [1.54, 1.807) is 7.05 Å². The van der Waals surface area contributed by atoms with Gasteiger partial charge in [0.15, 0.2) is 0 Å². The fourth-order valence-corrected chi connectivity index (χ4v) is 1.63. The number of carbonyl (C=O) groups is 1. The molecule has 19 heavy (non-hydrogen) atoms. The largest absolute Gasteiger partial charge is 0.387 e. The molecule has 0 aliphatic carbocycles. The van der Waals surface area contributed by atoms with Crippen LogP contribution in [0, 0.1) is 0 Å². The number of benzene rings is 1. The molecule has 1 aromatic carbocycles. The van der Waals surface area contributed by atoms with Crippen molar-refractivity contribution < 1.29 is 9.90 Å². The van der Waals surface area contributed by atoms with Gasteiger partial charge in [-0.3, -0.25) is 14.2 Å². The zero-order valence-electron chi connectivity index (χ0n) is 10.3. The summed E-state index contributed by atoms with van der Waals surface area (Å²) < 4.78 is 1.39. The predicted molar refractivity (Wildman–Crippen MR) is 70.6 cm³/mol. The van der Waals surface area contributed by atoms with Crippen molar-refractivity contribution in [1.82, 2.24) is 9.55 Å². The normalized spacial score (nSPS) is 10.2. The fraction of sp³-hybridized carbons (Fsp3) is 0.154. The Hall–Kier alpha value is -2.47. The van der Waals surface area contributed by atoms with Gasteiger partial charge in [0.25, 0.3) is 11.5 Å². The molecule has 6 nitrogen and oxygen atoms in total. The number of aromatic nitrogens is 2. The van der Waals surface area contributed by atoms with Crippen LogP contribution in [0.25, 0.3) is 11.4 Å². The Morgan fingerprint density at radius 3 is 2.68 bits per heavy atom. The van der Waals surface area contributed by atoms with Crippen LogP contribution in [0.5, 0.6) is 0 Å². The molecular formula is C13H13N3O3. The maximum Gasteiger partial charge on any atom is 0.255 e. The van der Waals surface area contributed by atoms with Crippen LogP contribution in [0.3, 0.4) is 0 Å². The lowest BCUT2D eigenvalue weighted by Crippen LogP contribution is -2.23. The number of hydrogen-bond acceptors (Lipinski definition) is 4. The number of amides is 1. The standard InChI is InChI=1S/C13H13N3O3/c1-16-12(19)7-10(14-11(18)8-17)15-13(16)9-5-3-2-4-6-9/h2-7,17H,8H2,1H3,(H,14,18). The molecule has 1 aromatic heterocycles. The van der Waals surface area contributed by atoms with Gasteiger partial charge in [0.05, 0.1) is 0 Å². The Morgan fingerprint density at radius 2 is 2.05 bits per heavy atom. The molecule has 2 rings (SSSR count). The molecule has 0 unspecified atom stereocenters. The van der Waals surface area contributed by atoms with E-state index in [0.29, 0.717) is 5.82 Å². The molecule has 0 aliphatic heterocycles. The van der Waals surface area contributed by atoms with Gasteiger partial charge >= 0.3 is 0 Å². The third kappa shape index (κ3) is 2.86. The van der Waals surface area contributed by atoms with Crippen molar-refractivity contribution in [3.63, 3.8) is 0 Å². The number of hydrogen-bond donors (Lipinski definition) is 2. The van der Waals surface area contributed by atoms with E-state index in [4.69, 9.17) is 5.11 Å². The summed E-state index contributed by atoms with van der Waals surface area (Å²) in [6, 6.07) is 10.4. The highest BCUT2D eigenvalue weighted by atomic mass is 16.3. The molecule has 0 radical (unpaired) electrons. The maximum absolute atomic E-state index is 11.8. The molecule has 0 aliphatic rings. The first-order valence-electron chi connectivity index (χ1n) is 5.66. The number of aliphatic hydroxyl groups is 1. The van der Waals surface area contributed by atoms with Gasteiger partial charge < -0.3 is 10.4 Å². The number of nitrogens with zero attached hydrogens (tertiary/aromatic N) is 2.